The fourth-order valence-corrected chi connectivity index (χ4v) is 1.79. The van der Waals surface area contributed by atoms with Gasteiger partial charge < -0.3 is 19.9 Å². The molecule has 0 amide bonds. The van der Waals surface area contributed by atoms with Gasteiger partial charge in [-0.2, -0.15) is 0 Å². The number of hydrogen-bond donors (Lipinski definition) is 2. The standard InChI is InChI=1S/C16H25NO4/c1-11(2)17-9-14(18)10-21-15-7-5-13(6-8-15)12(3)16(19)20-4/h5-8,11-12,14,17-18H,9-10H2,1-4H3. The summed E-state index contributed by atoms with van der Waals surface area (Å²) in [4.78, 5) is 11.4. The van der Waals surface area contributed by atoms with Crippen molar-refractivity contribution in [3.8, 4) is 5.75 Å². The lowest BCUT2D eigenvalue weighted by atomic mass is 10.0. The number of carbonyl (C=O) groups is 1. The zero-order valence-corrected chi connectivity index (χ0v) is 13.1. The highest BCUT2D eigenvalue weighted by Gasteiger charge is 2.15. The fraction of sp³-hybridized carbons (Fsp3) is 0.562. The molecule has 0 radical (unpaired) electrons. The summed E-state index contributed by atoms with van der Waals surface area (Å²) in [5.74, 6) is 0.100. The first-order valence-electron chi connectivity index (χ1n) is 7.16. The predicted molar refractivity (Wildman–Crippen MR) is 81.5 cm³/mol. The normalized spacial score (nSPS) is 13.8. The quantitative estimate of drug-likeness (QED) is 0.715. The van der Waals surface area contributed by atoms with Gasteiger partial charge in [0.15, 0.2) is 0 Å². The number of nitrogens with one attached hydrogen (secondary N) is 1. The Balaban J connectivity index is 2.46. The van der Waals surface area contributed by atoms with E-state index in [9.17, 15) is 9.90 Å². The molecule has 118 valence electrons. The van der Waals surface area contributed by atoms with Crippen molar-refractivity contribution in [1.29, 1.82) is 0 Å². The third kappa shape index (κ3) is 6.14. The molecule has 0 saturated heterocycles. The molecule has 5 nitrogen and oxygen atoms in total. The number of methoxy groups -OCH3 is 1. The van der Waals surface area contributed by atoms with E-state index in [-0.39, 0.29) is 18.5 Å². The van der Waals surface area contributed by atoms with E-state index < -0.39 is 6.10 Å². The lowest BCUT2D eigenvalue weighted by Gasteiger charge is -2.15. The van der Waals surface area contributed by atoms with Crippen LogP contribution in [-0.4, -0.2) is 43.5 Å². The lowest BCUT2D eigenvalue weighted by Crippen LogP contribution is -2.35. The molecule has 1 aromatic rings. The molecule has 1 aromatic carbocycles. The van der Waals surface area contributed by atoms with Gasteiger partial charge in [-0.15, -0.1) is 0 Å². The minimum atomic E-state index is -0.555. The fourth-order valence-electron chi connectivity index (χ4n) is 1.79. The zero-order chi connectivity index (χ0) is 15.8. The Hall–Kier alpha value is -1.59. The molecule has 0 bridgehead atoms. The lowest BCUT2D eigenvalue weighted by molar-refractivity contribution is -0.141. The van der Waals surface area contributed by atoms with Crippen LogP contribution < -0.4 is 10.1 Å². The molecular formula is C16H25NO4. The van der Waals surface area contributed by atoms with Crippen molar-refractivity contribution in [1.82, 2.24) is 5.32 Å². The number of benzene rings is 1. The van der Waals surface area contributed by atoms with Gasteiger partial charge in [0.25, 0.3) is 0 Å². The SMILES string of the molecule is COC(=O)C(C)c1ccc(OCC(O)CNC(C)C)cc1. The highest BCUT2D eigenvalue weighted by Crippen LogP contribution is 2.20. The summed E-state index contributed by atoms with van der Waals surface area (Å²) < 4.78 is 10.2. The van der Waals surface area contributed by atoms with E-state index in [1.165, 1.54) is 7.11 Å². The van der Waals surface area contributed by atoms with Crippen molar-refractivity contribution in [2.24, 2.45) is 0 Å². The highest BCUT2D eigenvalue weighted by atomic mass is 16.5. The number of ether oxygens (including phenoxy) is 2. The molecule has 0 aliphatic carbocycles. The maximum Gasteiger partial charge on any atom is 0.312 e. The molecule has 0 aromatic heterocycles. The van der Waals surface area contributed by atoms with Crippen LogP contribution in [0.3, 0.4) is 0 Å². The molecule has 2 unspecified atom stereocenters. The summed E-state index contributed by atoms with van der Waals surface area (Å²) in [6.45, 7) is 6.56. The Morgan fingerprint density at radius 3 is 2.38 bits per heavy atom. The summed E-state index contributed by atoms with van der Waals surface area (Å²) in [6.07, 6.45) is -0.555. The second-order valence-electron chi connectivity index (χ2n) is 5.34. The van der Waals surface area contributed by atoms with E-state index >= 15 is 0 Å². The van der Waals surface area contributed by atoms with Crippen LogP contribution in [0.5, 0.6) is 5.75 Å². The molecule has 0 fully saturated rings. The Morgan fingerprint density at radius 1 is 1.24 bits per heavy atom. The van der Waals surface area contributed by atoms with Crippen molar-refractivity contribution in [2.75, 3.05) is 20.3 Å². The number of aliphatic hydroxyl groups is 1. The topological polar surface area (TPSA) is 67.8 Å². The van der Waals surface area contributed by atoms with E-state index in [0.29, 0.717) is 18.3 Å². The molecule has 21 heavy (non-hydrogen) atoms. The van der Waals surface area contributed by atoms with Gasteiger partial charge in [0.1, 0.15) is 18.5 Å². The number of rotatable bonds is 8. The summed E-state index contributed by atoms with van der Waals surface area (Å²) in [7, 11) is 1.38. The predicted octanol–water partition coefficient (Wildman–Crippen LogP) is 1.70. The molecule has 0 aliphatic rings. The van der Waals surface area contributed by atoms with Crippen LogP contribution in [0.15, 0.2) is 24.3 Å². The Morgan fingerprint density at radius 2 is 1.86 bits per heavy atom. The van der Waals surface area contributed by atoms with Gasteiger partial charge in [-0.3, -0.25) is 4.79 Å². The van der Waals surface area contributed by atoms with E-state index in [0.717, 1.165) is 5.56 Å². The average Bonchev–Trinajstić information content (AvgIpc) is 2.49. The van der Waals surface area contributed by atoms with Crippen molar-refractivity contribution in [3.05, 3.63) is 29.8 Å². The minimum absolute atomic E-state index is 0.228. The smallest absolute Gasteiger partial charge is 0.312 e. The second kappa shape index (κ2) is 8.64. The molecule has 1 rings (SSSR count). The molecule has 0 aliphatic heterocycles. The molecular weight excluding hydrogens is 270 g/mol. The maximum atomic E-state index is 11.4. The third-order valence-corrected chi connectivity index (χ3v) is 3.14. The Bertz CT molecular complexity index is 430. The monoisotopic (exact) mass is 295 g/mol. The molecule has 5 heteroatoms. The molecule has 0 heterocycles. The molecule has 0 spiro atoms. The summed E-state index contributed by atoms with van der Waals surface area (Å²) in [6, 6.07) is 7.57. The number of esters is 1. The Kier molecular flexibility index (Phi) is 7.19. The van der Waals surface area contributed by atoms with Gasteiger partial charge in [-0.25, -0.2) is 0 Å². The first-order chi connectivity index (χ1) is 9.93. The van der Waals surface area contributed by atoms with Gasteiger partial charge in [-0.1, -0.05) is 26.0 Å². The zero-order valence-electron chi connectivity index (χ0n) is 13.1. The van der Waals surface area contributed by atoms with E-state index in [1.807, 2.05) is 26.0 Å². The van der Waals surface area contributed by atoms with Crippen LogP contribution in [0.4, 0.5) is 0 Å². The Labute approximate surface area is 126 Å². The average molecular weight is 295 g/mol. The van der Waals surface area contributed by atoms with Gasteiger partial charge in [0.2, 0.25) is 0 Å². The van der Waals surface area contributed by atoms with Crippen LogP contribution in [-0.2, 0) is 9.53 Å². The van der Waals surface area contributed by atoms with Gasteiger partial charge in [0.05, 0.1) is 13.0 Å². The second-order valence-corrected chi connectivity index (χ2v) is 5.34. The van der Waals surface area contributed by atoms with Crippen LogP contribution in [0.1, 0.15) is 32.3 Å². The first-order valence-corrected chi connectivity index (χ1v) is 7.16. The first kappa shape index (κ1) is 17.5. The van der Waals surface area contributed by atoms with E-state index in [4.69, 9.17) is 9.47 Å². The largest absolute Gasteiger partial charge is 0.491 e. The van der Waals surface area contributed by atoms with Crippen molar-refractivity contribution in [2.45, 2.75) is 38.8 Å². The minimum Gasteiger partial charge on any atom is -0.491 e. The number of aliphatic hydroxyl groups excluding tert-OH is 1. The molecule has 2 atom stereocenters. The number of carbonyl (C=O) groups excluding carboxylic acids is 1. The summed E-state index contributed by atoms with van der Waals surface area (Å²) >= 11 is 0. The van der Waals surface area contributed by atoms with E-state index in [1.54, 1.807) is 19.1 Å². The van der Waals surface area contributed by atoms with Crippen LogP contribution in [0.25, 0.3) is 0 Å². The van der Waals surface area contributed by atoms with Crippen LogP contribution in [0.2, 0.25) is 0 Å². The highest BCUT2D eigenvalue weighted by molar-refractivity contribution is 5.77. The molecule has 0 saturated carbocycles. The van der Waals surface area contributed by atoms with E-state index in [2.05, 4.69) is 5.32 Å². The van der Waals surface area contributed by atoms with Crippen molar-refractivity contribution in [3.63, 3.8) is 0 Å². The van der Waals surface area contributed by atoms with Gasteiger partial charge in [-0.05, 0) is 24.6 Å². The van der Waals surface area contributed by atoms with Crippen molar-refractivity contribution < 1.29 is 19.4 Å². The summed E-state index contributed by atoms with van der Waals surface area (Å²) in [5, 5.41) is 12.9. The number of hydrogen-bond acceptors (Lipinski definition) is 5. The van der Waals surface area contributed by atoms with Crippen LogP contribution >= 0.6 is 0 Å². The third-order valence-electron chi connectivity index (χ3n) is 3.14. The van der Waals surface area contributed by atoms with Gasteiger partial charge >= 0.3 is 5.97 Å². The van der Waals surface area contributed by atoms with Crippen molar-refractivity contribution >= 4 is 5.97 Å². The summed E-state index contributed by atoms with van der Waals surface area (Å²) in [5.41, 5.74) is 0.872. The maximum absolute atomic E-state index is 11.4. The van der Waals surface area contributed by atoms with Gasteiger partial charge in [0, 0.05) is 12.6 Å². The molecule has 2 N–H and O–H groups in total. The van der Waals surface area contributed by atoms with Crippen LogP contribution in [0, 0.1) is 0 Å².